The van der Waals surface area contributed by atoms with E-state index in [2.05, 4.69) is 5.32 Å². The molecule has 172 valence electrons. The average Bonchev–Trinajstić information content (AvgIpc) is 2.76. The van der Waals surface area contributed by atoms with Crippen LogP contribution in [0.15, 0.2) is 46.8 Å². The first-order chi connectivity index (χ1) is 15.3. The zero-order valence-electron chi connectivity index (χ0n) is 18.7. The van der Waals surface area contributed by atoms with Crippen LogP contribution in [0, 0.1) is 11.8 Å². The van der Waals surface area contributed by atoms with Crippen molar-refractivity contribution in [3.63, 3.8) is 0 Å². The molecule has 7 nitrogen and oxygen atoms in total. The summed E-state index contributed by atoms with van der Waals surface area (Å²) in [4.78, 5) is 39.1. The largest absolute Gasteiger partial charge is 0.468 e. The maximum absolute atomic E-state index is 13.6. The minimum Gasteiger partial charge on any atom is -0.468 e. The van der Waals surface area contributed by atoms with Crippen LogP contribution in [0.1, 0.15) is 38.7 Å². The molecule has 1 aromatic carbocycles. The Labute approximate surface area is 192 Å². The van der Waals surface area contributed by atoms with Gasteiger partial charge in [-0.3, -0.25) is 9.59 Å². The minimum absolute atomic E-state index is 0.0957. The van der Waals surface area contributed by atoms with E-state index in [0.717, 1.165) is 0 Å². The Hall–Kier alpha value is -2.64. The van der Waals surface area contributed by atoms with Crippen LogP contribution in [0.2, 0.25) is 5.02 Å². The number of Topliss-reactive ketones (excluding diaryl/α,β-unsaturated/α-hetero) is 1. The Morgan fingerprint density at radius 1 is 1.19 bits per heavy atom. The van der Waals surface area contributed by atoms with Gasteiger partial charge in [0, 0.05) is 34.5 Å². The van der Waals surface area contributed by atoms with E-state index in [1.807, 2.05) is 13.8 Å². The van der Waals surface area contributed by atoms with Crippen molar-refractivity contribution in [2.24, 2.45) is 11.8 Å². The molecule has 0 unspecified atom stereocenters. The number of ketones is 1. The number of nitrogens with one attached hydrogen (secondary N) is 1. The summed E-state index contributed by atoms with van der Waals surface area (Å²) in [6, 6.07) is 6.98. The molecule has 0 fully saturated rings. The summed E-state index contributed by atoms with van der Waals surface area (Å²) in [5, 5.41) is 3.76. The highest BCUT2D eigenvalue weighted by Gasteiger charge is 2.47. The Bertz CT molecular complexity index is 965. The molecule has 1 aromatic rings. The third-order valence-corrected chi connectivity index (χ3v) is 6.08. The van der Waals surface area contributed by atoms with Gasteiger partial charge in [-0.1, -0.05) is 30.7 Å². The molecule has 0 bridgehead atoms. The van der Waals surface area contributed by atoms with E-state index in [1.54, 1.807) is 31.2 Å². The molecule has 0 saturated carbocycles. The molecule has 8 heteroatoms. The summed E-state index contributed by atoms with van der Waals surface area (Å²) >= 11 is 6.08. The second-order valence-electron chi connectivity index (χ2n) is 7.92. The van der Waals surface area contributed by atoms with Crippen molar-refractivity contribution in [3.8, 4) is 0 Å². The molecule has 1 heterocycles. The molecule has 0 saturated heterocycles. The van der Waals surface area contributed by atoms with Crippen LogP contribution in [0.5, 0.6) is 0 Å². The van der Waals surface area contributed by atoms with Crippen molar-refractivity contribution in [3.05, 3.63) is 57.4 Å². The molecule has 0 spiro atoms. The highest BCUT2D eigenvalue weighted by molar-refractivity contribution is 6.30. The summed E-state index contributed by atoms with van der Waals surface area (Å²) in [7, 11) is 1.27. The lowest BCUT2D eigenvalue weighted by atomic mass is 9.69. The number of carbonyl (C=O) groups is 3. The van der Waals surface area contributed by atoms with Crippen molar-refractivity contribution in [2.75, 3.05) is 26.9 Å². The average molecular weight is 462 g/mol. The minimum atomic E-state index is -0.927. The van der Waals surface area contributed by atoms with Crippen molar-refractivity contribution in [2.45, 2.75) is 33.1 Å². The number of dihydropyridines is 1. The Morgan fingerprint density at radius 3 is 2.50 bits per heavy atom. The van der Waals surface area contributed by atoms with Gasteiger partial charge in [-0.2, -0.15) is 0 Å². The van der Waals surface area contributed by atoms with Crippen molar-refractivity contribution < 1.29 is 28.6 Å². The third kappa shape index (κ3) is 4.74. The standard InChI is InChI=1S/C24H28ClNO6/c1-5-31-10-11-32-24(29)19-14(3)26-17-12-13(2)18(23(28)30-4)22(27)21(17)20(19)15-6-8-16(25)9-7-15/h6-9,13,18,20,26H,5,10-12H2,1-4H3/t13-,18+,20+/m0/s1. The smallest absolute Gasteiger partial charge is 0.336 e. The van der Waals surface area contributed by atoms with Crippen LogP contribution in [-0.2, 0) is 28.6 Å². The Morgan fingerprint density at radius 2 is 1.88 bits per heavy atom. The number of esters is 2. The van der Waals surface area contributed by atoms with Gasteiger partial charge in [0.1, 0.15) is 12.5 Å². The lowest BCUT2D eigenvalue weighted by Crippen LogP contribution is -2.43. The van der Waals surface area contributed by atoms with E-state index in [4.69, 9.17) is 25.8 Å². The number of methoxy groups -OCH3 is 1. The van der Waals surface area contributed by atoms with Crippen LogP contribution >= 0.6 is 11.6 Å². The predicted molar refractivity (Wildman–Crippen MR) is 119 cm³/mol. The summed E-state index contributed by atoms with van der Waals surface area (Å²) in [6.07, 6.45) is 0.481. The highest BCUT2D eigenvalue weighted by Crippen LogP contribution is 2.45. The maximum Gasteiger partial charge on any atom is 0.336 e. The third-order valence-electron chi connectivity index (χ3n) is 5.83. The quantitative estimate of drug-likeness (QED) is 0.377. The van der Waals surface area contributed by atoms with Crippen molar-refractivity contribution >= 4 is 29.3 Å². The number of halogens is 1. The molecule has 0 amide bonds. The molecule has 0 aromatic heterocycles. The van der Waals surface area contributed by atoms with Crippen LogP contribution < -0.4 is 5.32 Å². The lowest BCUT2D eigenvalue weighted by Gasteiger charge is -2.38. The van der Waals surface area contributed by atoms with Gasteiger partial charge >= 0.3 is 11.9 Å². The maximum atomic E-state index is 13.6. The first-order valence-electron chi connectivity index (χ1n) is 10.6. The van der Waals surface area contributed by atoms with Gasteiger partial charge in [0.25, 0.3) is 0 Å². The fourth-order valence-electron chi connectivity index (χ4n) is 4.36. The zero-order valence-corrected chi connectivity index (χ0v) is 19.5. The van der Waals surface area contributed by atoms with E-state index in [0.29, 0.717) is 46.2 Å². The number of allylic oxidation sites excluding steroid dienone is 3. The molecule has 2 aliphatic rings. The fourth-order valence-corrected chi connectivity index (χ4v) is 4.48. The lowest BCUT2D eigenvalue weighted by molar-refractivity contribution is -0.151. The molecule has 1 N–H and O–H groups in total. The van der Waals surface area contributed by atoms with Crippen LogP contribution in [-0.4, -0.2) is 44.7 Å². The van der Waals surface area contributed by atoms with Crippen LogP contribution in [0.4, 0.5) is 0 Å². The molecule has 32 heavy (non-hydrogen) atoms. The summed E-state index contributed by atoms with van der Waals surface area (Å²) in [5.74, 6) is -3.30. The van der Waals surface area contributed by atoms with Crippen molar-refractivity contribution in [1.82, 2.24) is 5.32 Å². The van der Waals surface area contributed by atoms with Gasteiger partial charge in [-0.05, 0) is 43.9 Å². The van der Waals surface area contributed by atoms with Gasteiger partial charge in [-0.25, -0.2) is 4.79 Å². The van der Waals surface area contributed by atoms with Crippen molar-refractivity contribution in [1.29, 1.82) is 0 Å². The first-order valence-corrected chi connectivity index (χ1v) is 11.0. The van der Waals surface area contributed by atoms with Crippen LogP contribution in [0.3, 0.4) is 0 Å². The number of benzene rings is 1. The van der Waals surface area contributed by atoms with E-state index in [9.17, 15) is 14.4 Å². The van der Waals surface area contributed by atoms with E-state index < -0.39 is 23.8 Å². The van der Waals surface area contributed by atoms with E-state index in [-0.39, 0.29) is 24.9 Å². The molecule has 1 aliphatic heterocycles. The number of hydrogen-bond donors (Lipinski definition) is 1. The molecular formula is C24H28ClNO6. The monoisotopic (exact) mass is 461 g/mol. The number of ether oxygens (including phenoxy) is 3. The Kier molecular flexibility index (Phi) is 7.74. The van der Waals surface area contributed by atoms with E-state index in [1.165, 1.54) is 7.11 Å². The second kappa shape index (κ2) is 10.3. The van der Waals surface area contributed by atoms with E-state index >= 15 is 0 Å². The first kappa shape index (κ1) is 24.0. The van der Waals surface area contributed by atoms with Gasteiger partial charge in [0.15, 0.2) is 5.78 Å². The highest BCUT2D eigenvalue weighted by atomic mass is 35.5. The molecule has 3 rings (SSSR count). The summed E-state index contributed by atoms with van der Waals surface area (Å²) in [5.41, 5.74) is 2.76. The predicted octanol–water partition coefficient (Wildman–Crippen LogP) is 3.53. The number of hydrogen-bond acceptors (Lipinski definition) is 7. The second-order valence-corrected chi connectivity index (χ2v) is 8.36. The molecule has 3 atom stereocenters. The molecule has 0 radical (unpaired) electrons. The fraction of sp³-hybridized carbons (Fsp3) is 0.458. The number of rotatable bonds is 7. The van der Waals surface area contributed by atoms with Gasteiger partial charge in [0.2, 0.25) is 0 Å². The zero-order chi connectivity index (χ0) is 23.4. The summed E-state index contributed by atoms with van der Waals surface area (Å²) < 4.78 is 15.6. The summed E-state index contributed by atoms with van der Waals surface area (Å²) in [6.45, 7) is 6.39. The molecular weight excluding hydrogens is 434 g/mol. The number of carbonyl (C=O) groups excluding carboxylic acids is 3. The SMILES string of the molecule is CCOCCOC(=O)C1=C(C)NC2=C(C(=O)[C@H](C(=O)OC)[C@@H](C)C2)[C@@H]1c1ccc(Cl)cc1. The van der Waals surface area contributed by atoms with Gasteiger partial charge in [0.05, 0.1) is 19.3 Å². The normalized spacial score (nSPS) is 22.9. The topological polar surface area (TPSA) is 90.9 Å². The van der Waals surface area contributed by atoms with Gasteiger partial charge < -0.3 is 19.5 Å². The molecule has 1 aliphatic carbocycles. The van der Waals surface area contributed by atoms with Gasteiger partial charge in [-0.15, -0.1) is 0 Å². The van der Waals surface area contributed by atoms with Crippen LogP contribution in [0.25, 0.3) is 0 Å². The Balaban J connectivity index is 2.06.